The number of carbonyl (C=O) groups excluding carboxylic acids is 2. The summed E-state index contributed by atoms with van der Waals surface area (Å²) in [4.78, 5) is 32.4. The number of likely N-dealkylation sites (tertiary alicyclic amines) is 1. The molecule has 0 unspecified atom stereocenters. The van der Waals surface area contributed by atoms with E-state index in [2.05, 4.69) is 9.88 Å². The molecule has 2 amide bonds. The zero-order valence-electron chi connectivity index (χ0n) is 13.4. The van der Waals surface area contributed by atoms with Gasteiger partial charge in [0.05, 0.1) is 5.56 Å². The summed E-state index contributed by atoms with van der Waals surface area (Å²) in [6, 6.07) is 3.70. The van der Waals surface area contributed by atoms with Crippen LogP contribution in [0.4, 0.5) is 5.82 Å². The Labute approximate surface area is 136 Å². The molecule has 1 aromatic rings. The van der Waals surface area contributed by atoms with Gasteiger partial charge in [0.15, 0.2) is 0 Å². The summed E-state index contributed by atoms with van der Waals surface area (Å²) in [5.74, 6) is 0.925. The lowest BCUT2D eigenvalue weighted by atomic mass is 9.93. The average molecular weight is 316 g/mol. The highest BCUT2D eigenvalue weighted by Crippen LogP contribution is 2.26. The van der Waals surface area contributed by atoms with E-state index in [0.717, 1.165) is 44.6 Å². The Bertz CT molecular complexity index is 576. The van der Waals surface area contributed by atoms with Gasteiger partial charge in [-0.3, -0.25) is 9.59 Å². The van der Waals surface area contributed by atoms with E-state index in [-0.39, 0.29) is 11.8 Å². The Hall–Kier alpha value is -2.11. The smallest absolute Gasteiger partial charge is 0.257 e. The summed E-state index contributed by atoms with van der Waals surface area (Å²) >= 11 is 0. The molecule has 2 saturated heterocycles. The van der Waals surface area contributed by atoms with E-state index in [0.29, 0.717) is 31.0 Å². The lowest BCUT2D eigenvalue weighted by molar-refractivity contribution is -0.119. The van der Waals surface area contributed by atoms with E-state index in [1.807, 2.05) is 17.0 Å². The van der Waals surface area contributed by atoms with Crippen LogP contribution in [0, 0.1) is 5.92 Å². The van der Waals surface area contributed by atoms with Gasteiger partial charge in [-0.2, -0.15) is 0 Å². The van der Waals surface area contributed by atoms with Gasteiger partial charge in [-0.25, -0.2) is 4.98 Å². The molecule has 0 aromatic carbocycles. The maximum absolute atomic E-state index is 12.9. The third-order valence-electron chi connectivity index (χ3n) is 4.81. The maximum atomic E-state index is 12.9. The van der Waals surface area contributed by atoms with Crippen LogP contribution in [0.1, 0.15) is 42.5 Å². The normalized spacial score (nSPS) is 19.1. The summed E-state index contributed by atoms with van der Waals surface area (Å²) < 4.78 is 0. The van der Waals surface area contributed by atoms with Crippen LogP contribution in [-0.4, -0.2) is 47.9 Å². The van der Waals surface area contributed by atoms with Crippen LogP contribution in [0.25, 0.3) is 0 Å². The summed E-state index contributed by atoms with van der Waals surface area (Å²) in [6.07, 6.45) is 6.17. The molecule has 2 aliphatic rings. The molecule has 0 bridgehead atoms. The Kier molecular flexibility index (Phi) is 4.79. The Morgan fingerprint density at radius 3 is 2.52 bits per heavy atom. The van der Waals surface area contributed by atoms with Crippen LogP contribution in [0.15, 0.2) is 18.3 Å². The molecular formula is C17H24N4O2. The number of nitrogens with two attached hydrogens (primary N) is 1. The van der Waals surface area contributed by atoms with E-state index in [1.54, 1.807) is 6.20 Å². The van der Waals surface area contributed by atoms with Gasteiger partial charge in [0, 0.05) is 38.8 Å². The van der Waals surface area contributed by atoms with E-state index < -0.39 is 0 Å². The van der Waals surface area contributed by atoms with Gasteiger partial charge in [-0.05, 0) is 43.7 Å². The Balaban J connectivity index is 1.68. The fourth-order valence-electron chi connectivity index (χ4n) is 3.54. The summed E-state index contributed by atoms with van der Waals surface area (Å²) in [5.41, 5.74) is 5.96. The van der Waals surface area contributed by atoms with E-state index >= 15 is 0 Å². The van der Waals surface area contributed by atoms with Crippen LogP contribution < -0.4 is 10.6 Å². The number of hydrogen-bond donors (Lipinski definition) is 1. The SMILES string of the molecule is NC(=O)CC1CCN(C(=O)c2cccnc2N2CCCC2)CC1. The number of anilines is 1. The highest BCUT2D eigenvalue weighted by atomic mass is 16.2. The first-order valence-electron chi connectivity index (χ1n) is 8.42. The fraction of sp³-hybridized carbons (Fsp3) is 0.588. The van der Waals surface area contributed by atoms with Gasteiger partial charge in [0.2, 0.25) is 5.91 Å². The molecule has 6 heteroatoms. The van der Waals surface area contributed by atoms with Gasteiger partial charge in [0.25, 0.3) is 5.91 Å². The molecule has 0 saturated carbocycles. The van der Waals surface area contributed by atoms with Crippen LogP contribution in [0.2, 0.25) is 0 Å². The summed E-state index contributed by atoms with van der Waals surface area (Å²) in [6.45, 7) is 3.31. The second kappa shape index (κ2) is 6.98. The third kappa shape index (κ3) is 3.63. The zero-order valence-corrected chi connectivity index (χ0v) is 13.4. The van der Waals surface area contributed by atoms with Crippen molar-refractivity contribution < 1.29 is 9.59 Å². The number of nitrogens with zero attached hydrogens (tertiary/aromatic N) is 3. The molecule has 1 aromatic heterocycles. The molecule has 0 atom stereocenters. The number of amides is 2. The van der Waals surface area contributed by atoms with Crippen LogP contribution in [0.3, 0.4) is 0 Å². The minimum absolute atomic E-state index is 0.0533. The van der Waals surface area contributed by atoms with Crippen molar-refractivity contribution in [3.8, 4) is 0 Å². The van der Waals surface area contributed by atoms with Gasteiger partial charge in [-0.15, -0.1) is 0 Å². The number of primary amides is 1. The number of carbonyl (C=O) groups is 2. The predicted octanol–water partition coefficient (Wildman–Crippen LogP) is 1.41. The van der Waals surface area contributed by atoms with Crippen molar-refractivity contribution in [1.29, 1.82) is 0 Å². The lowest BCUT2D eigenvalue weighted by Gasteiger charge is -2.32. The van der Waals surface area contributed by atoms with E-state index in [1.165, 1.54) is 0 Å². The topological polar surface area (TPSA) is 79.5 Å². The monoisotopic (exact) mass is 316 g/mol. The number of hydrogen-bond acceptors (Lipinski definition) is 4. The second-order valence-electron chi connectivity index (χ2n) is 6.47. The standard InChI is InChI=1S/C17H24N4O2/c18-15(22)12-13-5-10-21(11-6-13)17(23)14-4-3-7-19-16(14)20-8-1-2-9-20/h3-4,7,13H,1-2,5-6,8-12H2,(H2,18,22). The molecule has 2 fully saturated rings. The second-order valence-corrected chi connectivity index (χ2v) is 6.47. The molecule has 0 spiro atoms. The molecule has 2 N–H and O–H groups in total. The Morgan fingerprint density at radius 1 is 1.17 bits per heavy atom. The van der Waals surface area contributed by atoms with Crippen molar-refractivity contribution >= 4 is 17.6 Å². The molecule has 0 aliphatic carbocycles. The molecule has 2 aliphatic heterocycles. The van der Waals surface area contributed by atoms with Gasteiger partial charge in [-0.1, -0.05) is 0 Å². The molecular weight excluding hydrogens is 292 g/mol. The maximum Gasteiger partial charge on any atom is 0.257 e. The summed E-state index contributed by atoms with van der Waals surface area (Å²) in [5, 5.41) is 0. The highest BCUT2D eigenvalue weighted by Gasteiger charge is 2.27. The molecule has 23 heavy (non-hydrogen) atoms. The van der Waals surface area contributed by atoms with Crippen molar-refractivity contribution in [2.45, 2.75) is 32.1 Å². The first kappa shape index (κ1) is 15.8. The van der Waals surface area contributed by atoms with Crippen molar-refractivity contribution in [3.63, 3.8) is 0 Å². The van der Waals surface area contributed by atoms with Gasteiger partial charge < -0.3 is 15.5 Å². The minimum atomic E-state index is -0.252. The van der Waals surface area contributed by atoms with Crippen molar-refractivity contribution in [1.82, 2.24) is 9.88 Å². The van der Waals surface area contributed by atoms with Crippen molar-refractivity contribution in [2.24, 2.45) is 11.7 Å². The van der Waals surface area contributed by atoms with Crippen LogP contribution >= 0.6 is 0 Å². The largest absolute Gasteiger partial charge is 0.370 e. The first-order valence-corrected chi connectivity index (χ1v) is 8.42. The quantitative estimate of drug-likeness (QED) is 0.911. The lowest BCUT2D eigenvalue weighted by Crippen LogP contribution is -2.40. The van der Waals surface area contributed by atoms with E-state index in [9.17, 15) is 9.59 Å². The van der Waals surface area contributed by atoms with Crippen molar-refractivity contribution in [2.75, 3.05) is 31.1 Å². The van der Waals surface area contributed by atoms with Gasteiger partial charge >= 0.3 is 0 Å². The predicted molar refractivity (Wildman–Crippen MR) is 88.1 cm³/mol. The highest BCUT2D eigenvalue weighted by molar-refractivity contribution is 5.99. The third-order valence-corrected chi connectivity index (χ3v) is 4.81. The Morgan fingerprint density at radius 2 is 1.87 bits per heavy atom. The van der Waals surface area contributed by atoms with Gasteiger partial charge in [0.1, 0.15) is 5.82 Å². The number of aromatic nitrogens is 1. The molecule has 3 heterocycles. The summed E-state index contributed by atoms with van der Waals surface area (Å²) in [7, 11) is 0. The minimum Gasteiger partial charge on any atom is -0.370 e. The first-order chi connectivity index (χ1) is 11.1. The average Bonchev–Trinajstić information content (AvgIpc) is 3.09. The molecule has 124 valence electrons. The number of piperidine rings is 1. The van der Waals surface area contributed by atoms with Crippen LogP contribution in [-0.2, 0) is 4.79 Å². The number of pyridine rings is 1. The molecule has 6 nitrogen and oxygen atoms in total. The number of rotatable bonds is 4. The van der Waals surface area contributed by atoms with Crippen LogP contribution in [0.5, 0.6) is 0 Å². The van der Waals surface area contributed by atoms with Crippen molar-refractivity contribution in [3.05, 3.63) is 23.9 Å². The molecule has 3 rings (SSSR count). The molecule has 0 radical (unpaired) electrons. The zero-order chi connectivity index (χ0) is 16.2. The van der Waals surface area contributed by atoms with E-state index in [4.69, 9.17) is 5.73 Å². The fourth-order valence-corrected chi connectivity index (χ4v) is 3.54.